The predicted octanol–water partition coefficient (Wildman–Crippen LogP) is 23.2. The summed E-state index contributed by atoms with van der Waals surface area (Å²) in [6.45, 7) is 12.8. The lowest BCUT2D eigenvalue weighted by Crippen LogP contribution is -2.30. The molecule has 25 nitrogen and oxygen atoms in total. The first kappa shape index (κ1) is 111. The molecule has 13 saturated heterocycles. The molecule has 13 aliphatic rings. The zero-order valence-corrected chi connectivity index (χ0v) is 85.6. The van der Waals surface area contributed by atoms with Gasteiger partial charge in [0.25, 0.3) is 0 Å². The first-order chi connectivity index (χ1) is 66.6. The second-order valence-corrected chi connectivity index (χ2v) is 43.0. The largest absolute Gasteiger partial charge is 0.462 e. The molecule has 13 aliphatic heterocycles. The van der Waals surface area contributed by atoms with Gasteiger partial charge in [0.15, 0.2) is 12.2 Å². The van der Waals surface area contributed by atoms with E-state index >= 15 is 0 Å². The van der Waals surface area contributed by atoms with Gasteiger partial charge in [-0.05, 0) is 116 Å². The van der Waals surface area contributed by atoms with Gasteiger partial charge in [-0.15, -0.1) is 0 Å². The molecule has 13 rings (SSSR count). The fourth-order valence-electron chi connectivity index (χ4n) is 21.1. The van der Waals surface area contributed by atoms with Crippen LogP contribution in [0.15, 0.2) is 0 Å². The number of hydrogen-bond acceptors (Lipinski definition) is 25. The van der Waals surface area contributed by atoms with Crippen molar-refractivity contribution in [2.45, 2.75) is 643 Å². The summed E-state index contributed by atoms with van der Waals surface area (Å²) in [5.41, 5.74) is 0. The third-order valence-electron chi connectivity index (χ3n) is 30.9. The van der Waals surface area contributed by atoms with E-state index in [0.717, 1.165) is 225 Å². The smallest absolute Gasteiger partial charge is 0.306 e. The van der Waals surface area contributed by atoms with E-state index in [1.165, 1.54) is 154 Å². The minimum atomic E-state index is -0.835. The molecule has 28 atom stereocenters. The molecule has 13 fully saturated rings. The monoisotopic (exact) mass is 1920 g/mol. The van der Waals surface area contributed by atoms with Crippen LogP contribution in [0.2, 0.25) is 0 Å². The number of esters is 6. The average molecular weight is 1920 g/mol. The quantitative estimate of drug-likeness (QED) is 0.0236. The van der Waals surface area contributed by atoms with Crippen molar-refractivity contribution >= 4 is 35.8 Å². The van der Waals surface area contributed by atoms with E-state index in [1.54, 1.807) is 0 Å². The maximum absolute atomic E-state index is 13.0. The molecule has 0 amide bonds. The van der Waals surface area contributed by atoms with Crippen LogP contribution < -0.4 is 0 Å². The van der Waals surface area contributed by atoms with E-state index in [9.17, 15) is 28.8 Å². The minimum absolute atomic E-state index is 0.119. The highest BCUT2D eigenvalue weighted by molar-refractivity contribution is 5.72. The van der Waals surface area contributed by atoms with E-state index in [4.69, 9.17) is 90.0 Å². The van der Waals surface area contributed by atoms with E-state index in [2.05, 4.69) is 41.5 Å². The summed E-state index contributed by atoms with van der Waals surface area (Å²) < 4.78 is 110. The Morgan fingerprint density at radius 2 is 0.309 bits per heavy atom. The normalized spacial score (nSPS) is 31.4. The van der Waals surface area contributed by atoms with E-state index in [-0.39, 0.29) is 112 Å². The molecule has 136 heavy (non-hydrogen) atoms. The Hall–Kier alpha value is -3.70. The molecule has 0 saturated carbocycles. The highest BCUT2D eigenvalue weighted by atomic mass is 16.7. The summed E-state index contributed by atoms with van der Waals surface area (Å²) in [6.07, 6.45) is 76.7. The molecule has 13 heterocycles. The zero-order valence-electron chi connectivity index (χ0n) is 85.6. The van der Waals surface area contributed by atoms with Gasteiger partial charge in [0.1, 0.15) is 26.4 Å². The number of rotatable bonds is 90. The second-order valence-electron chi connectivity index (χ2n) is 43.0. The average Bonchev–Trinajstić information content (AvgIpc) is 1.62. The fraction of sp³-hybridized carbons (Fsp3) is 0.946. The highest BCUT2D eigenvalue weighted by Gasteiger charge is 2.55. The van der Waals surface area contributed by atoms with Gasteiger partial charge in [0.05, 0.1) is 159 Å². The molecule has 28 unspecified atom stereocenters. The summed E-state index contributed by atoms with van der Waals surface area (Å²) in [7, 11) is 0. The van der Waals surface area contributed by atoms with Crippen LogP contribution in [0.4, 0.5) is 0 Å². The molecule has 0 aliphatic carbocycles. The van der Waals surface area contributed by atoms with Gasteiger partial charge in [-0.3, -0.25) is 28.8 Å². The Labute approximate surface area is 819 Å². The number of hydrogen-bond donors (Lipinski definition) is 0. The number of carbonyl (C=O) groups is 6. The van der Waals surface area contributed by atoms with Crippen LogP contribution in [-0.2, 0) is 119 Å². The van der Waals surface area contributed by atoms with Gasteiger partial charge in [0, 0.05) is 83.5 Å². The van der Waals surface area contributed by atoms with Crippen molar-refractivity contribution in [3.63, 3.8) is 0 Å². The molecule has 0 aromatic rings. The summed E-state index contributed by atoms with van der Waals surface area (Å²) in [5.74, 6) is -2.01. The van der Waals surface area contributed by atoms with E-state index in [1.807, 2.05) is 0 Å². The van der Waals surface area contributed by atoms with Crippen molar-refractivity contribution in [1.29, 1.82) is 0 Å². The lowest BCUT2D eigenvalue weighted by Gasteiger charge is -2.18. The standard InChI is InChI=1S/C57H98O12.C54H90O13/c1-4-7-10-11-14-21-30-43-44(64-43)31-22-15-12-17-24-34-55(58)61-40-42(41-62-56(59)35-25-18-13-16-23-32-47-50(67-47)37-49-45(65-49)28-19-8-5-2)63-57(60)36-27-26-33-48-52(68-48)39-54-53(69-54)38-51-46(66-51)29-20-9-6-3;1-4-7-8-9-12-17-24-40-41(63-40)25-18-13-10-15-20-28-52(55)58-35-37(60-54(57)30-23-22-27-43-47(65-43)34-51-49(67-51)32-45-39(6-3)62-45)36-59-53(56)29-21-16-11-14-19-26-42-46(64-42)33-50-48(66-50)31-44-38(5-2)61-44/h42-54H,4-41H2,1-3H3;37-51H,4-36H2,1-3H3. The highest BCUT2D eigenvalue weighted by Crippen LogP contribution is 2.47. The summed E-state index contributed by atoms with van der Waals surface area (Å²) in [5, 5.41) is 0. The number of unbranched alkanes of at least 4 members (excludes halogenated alkanes) is 32. The molecule has 0 aromatic carbocycles. The molecular formula is C111H188O25. The topological polar surface area (TPSA) is 321 Å². The number of ether oxygens (including phenoxy) is 19. The van der Waals surface area contributed by atoms with Gasteiger partial charge >= 0.3 is 35.8 Å². The zero-order chi connectivity index (χ0) is 95.3. The van der Waals surface area contributed by atoms with Gasteiger partial charge in [-0.25, -0.2) is 0 Å². The van der Waals surface area contributed by atoms with Crippen molar-refractivity contribution in [3.05, 3.63) is 0 Å². The van der Waals surface area contributed by atoms with Crippen molar-refractivity contribution in [3.8, 4) is 0 Å². The molecule has 0 aromatic heterocycles. The van der Waals surface area contributed by atoms with Gasteiger partial charge in [0.2, 0.25) is 0 Å². The minimum Gasteiger partial charge on any atom is -0.462 e. The van der Waals surface area contributed by atoms with Crippen LogP contribution in [0.1, 0.15) is 472 Å². The molecule has 0 N–H and O–H groups in total. The van der Waals surface area contributed by atoms with Crippen molar-refractivity contribution in [2.75, 3.05) is 26.4 Å². The van der Waals surface area contributed by atoms with E-state index < -0.39 is 12.2 Å². The molecule has 0 radical (unpaired) electrons. The predicted molar refractivity (Wildman–Crippen MR) is 520 cm³/mol. The Morgan fingerprint density at radius 3 is 0.529 bits per heavy atom. The molecule has 25 heteroatoms. The maximum atomic E-state index is 13.0. The Bertz CT molecular complexity index is 3310. The fourth-order valence-corrected chi connectivity index (χ4v) is 21.1. The SMILES string of the molecule is CCCCCCCCC1OC1CCCCCCCC(=O)OCC(COC(=O)CCCCCCCC1OC1CC1OC1CC1OC1CC)OC(=O)CCCCC1OC1CC1OC1CC1OC1CC.CCCCCCCCC1OC1CCCCCCCC(=O)OCC(COC(=O)CCCCCCCC1OC1CC1OC1CCCCC)OC(=O)CCCCC1OC1CC1OC1CC1OC1CCCCC. The molecular weight excluding hydrogens is 1730 g/mol. The summed E-state index contributed by atoms with van der Waals surface area (Å²) >= 11 is 0. The van der Waals surface area contributed by atoms with Gasteiger partial charge in [-0.1, -0.05) is 273 Å². The van der Waals surface area contributed by atoms with Crippen LogP contribution in [0.5, 0.6) is 0 Å². The van der Waals surface area contributed by atoms with Crippen LogP contribution in [0.25, 0.3) is 0 Å². The van der Waals surface area contributed by atoms with Crippen LogP contribution >= 0.6 is 0 Å². The molecule has 0 spiro atoms. The Kier molecular flexibility index (Phi) is 51.3. The lowest BCUT2D eigenvalue weighted by molar-refractivity contribution is -0.167. The van der Waals surface area contributed by atoms with Crippen molar-refractivity contribution in [2.24, 2.45) is 0 Å². The third kappa shape index (κ3) is 47.4. The maximum Gasteiger partial charge on any atom is 0.306 e. The Morgan fingerprint density at radius 1 is 0.169 bits per heavy atom. The number of epoxide rings is 13. The first-order valence-electron chi connectivity index (χ1n) is 57.1. The van der Waals surface area contributed by atoms with Crippen molar-refractivity contribution in [1.82, 2.24) is 0 Å². The Balaban J connectivity index is 0.000000245. The van der Waals surface area contributed by atoms with Gasteiger partial charge < -0.3 is 90.0 Å². The van der Waals surface area contributed by atoms with Crippen LogP contribution in [0, 0.1) is 0 Å². The summed E-state index contributed by atoms with van der Waals surface area (Å²) in [6, 6.07) is 0. The first-order valence-corrected chi connectivity index (χ1v) is 57.1. The van der Waals surface area contributed by atoms with E-state index in [0.29, 0.717) is 161 Å². The lowest BCUT2D eigenvalue weighted by atomic mass is 10.0. The molecule has 782 valence electrons. The van der Waals surface area contributed by atoms with Gasteiger partial charge in [-0.2, -0.15) is 0 Å². The third-order valence-corrected chi connectivity index (χ3v) is 30.9. The molecule has 0 bridgehead atoms. The second kappa shape index (κ2) is 62.9. The van der Waals surface area contributed by atoms with Crippen LogP contribution in [-0.4, -0.2) is 233 Å². The van der Waals surface area contributed by atoms with Crippen LogP contribution in [0.3, 0.4) is 0 Å². The van der Waals surface area contributed by atoms with Crippen molar-refractivity contribution < 1.29 is 119 Å². The summed E-state index contributed by atoms with van der Waals surface area (Å²) in [4.78, 5) is 76.8. The number of carbonyl (C=O) groups excluding carboxylic acids is 6.